The van der Waals surface area contributed by atoms with E-state index in [4.69, 9.17) is 4.99 Å². The summed E-state index contributed by atoms with van der Waals surface area (Å²) < 4.78 is 0. The molecule has 0 amide bonds. The largest absolute Gasteiger partial charge is 0.359 e. The van der Waals surface area contributed by atoms with E-state index < -0.39 is 0 Å². The van der Waals surface area contributed by atoms with E-state index in [0.717, 1.165) is 24.3 Å². The molecule has 0 aromatic heterocycles. The van der Waals surface area contributed by atoms with Crippen molar-refractivity contribution in [2.24, 2.45) is 22.7 Å². The Kier molecular flexibility index (Phi) is 5.19. The first-order chi connectivity index (χ1) is 10.2. The maximum absolute atomic E-state index is 4.89. The normalized spacial score (nSPS) is 42.4. The van der Waals surface area contributed by atoms with Crippen molar-refractivity contribution in [3.63, 3.8) is 0 Å². The molecular formula is C18H32N2S. The number of hydrogen-bond donors (Lipinski definition) is 1. The number of nitrogens with zero attached hydrogens (tertiary/aromatic N) is 1. The highest BCUT2D eigenvalue weighted by Gasteiger charge is 2.40. The van der Waals surface area contributed by atoms with E-state index in [0.29, 0.717) is 5.54 Å². The molecule has 3 heteroatoms. The van der Waals surface area contributed by atoms with Crippen molar-refractivity contribution >= 4 is 16.9 Å². The number of amidine groups is 1. The molecule has 2 aliphatic carbocycles. The molecule has 3 fully saturated rings. The molecule has 0 radical (unpaired) electrons. The lowest BCUT2D eigenvalue weighted by Gasteiger charge is -2.36. The van der Waals surface area contributed by atoms with Crippen LogP contribution in [-0.4, -0.2) is 23.0 Å². The highest BCUT2D eigenvalue weighted by atomic mass is 32.2. The van der Waals surface area contributed by atoms with Gasteiger partial charge < -0.3 is 5.32 Å². The van der Waals surface area contributed by atoms with E-state index in [1.807, 2.05) is 11.8 Å². The maximum atomic E-state index is 4.89. The summed E-state index contributed by atoms with van der Waals surface area (Å²) in [6.45, 7) is 5.87. The van der Waals surface area contributed by atoms with E-state index in [1.54, 1.807) is 0 Å². The van der Waals surface area contributed by atoms with Gasteiger partial charge in [-0.05, 0) is 43.4 Å². The molecule has 2 saturated carbocycles. The Hall–Kier alpha value is -0.180. The summed E-state index contributed by atoms with van der Waals surface area (Å²) in [6, 6.07) is 0. The number of thioether (sulfide) groups is 1. The quantitative estimate of drug-likeness (QED) is 0.806. The van der Waals surface area contributed by atoms with E-state index >= 15 is 0 Å². The summed E-state index contributed by atoms with van der Waals surface area (Å²) in [4.78, 5) is 4.89. The molecule has 0 aromatic rings. The van der Waals surface area contributed by atoms with Gasteiger partial charge in [0.05, 0.1) is 0 Å². The highest BCUT2D eigenvalue weighted by Crippen LogP contribution is 2.38. The van der Waals surface area contributed by atoms with E-state index in [-0.39, 0.29) is 0 Å². The van der Waals surface area contributed by atoms with Gasteiger partial charge in [0.1, 0.15) is 0 Å². The molecule has 1 spiro atoms. The molecule has 4 unspecified atom stereocenters. The molecule has 1 saturated heterocycles. The maximum Gasteiger partial charge on any atom is 0.157 e. The minimum atomic E-state index is 0.389. The first kappa shape index (κ1) is 15.7. The minimum Gasteiger partial charge on any atom is -0.359 e. The zero-order valence-corrected chi connectivity index (χ0v) is 14.7. The third kappa shape index (κ3) is 4.18. The van der Waals surface area contributed by atoms with Crippen LogP contribution in [0.1, 0.15) is 71.6 Å². The van der Waals surface area contributed by atoms with Crippen molar-refractivity contribution in [1.82, 2.24) is 5.32 Å². The van der Waals surface area contributed by atoms with Gasteiger partial charge in [0.25, 0.3) is 0 Å². The van der Waals surface area contributed by atoms with Crippen LogP contribution >= 0.6 is 11.8 Å². The average Bonchev–Trinajstić information content (AvgIpc) is 2.81. The molecule has 21 heavy (non-hydrogen) atoms. The third-order valence-electron chi connectivity index (χ3n) is 5.79. The molecule has 2 nitrogen and oxygen atoms in total. The summed E-state index contributed by atoms with van der Waals surface area (Å²) >= 11 is 1.98. The lowest BCUT2D eigenvalue weighted by molar-refractivity contribution is 0.242. The molecule has 3 aliphatic rings. The zero-order valence-electron chi connectivity index (χ0n) is 13.9. The van der Waals surface area contributed by atoms with Crippen LogP contribution in [0.3, 0.4) is 0 Å². The second-order valence-electron chi connectivity index (χ2n) is 8.01. The fourth-order valence-electron chi connectivity index (χ4n) is 4.67. The number of hydrogen-bond acceptors (Lipinski definition) is 2. The Balaban J connectivity index is 1.45. The van der Waals surface area contributed by atoms with Gasteiger partial charge in [-0.1, -0.05) is 57.7 Å². The summed E-state index contributed by atoms with van der Waals surface area (Å²) in [5.74, 6) is 4.02. The van der Waals surface area contributed by atoms with Crippen LogP contribution in [0.15, 0.2) is 4.99 Å². The van der Waals surface area contributed by atoms with Gasteiger partial charge in [-0.3, -0.25) is 4.99 Å². The summed E-state index contributed by atoms with van der Waals surface area (Å²) in [7, 11) is 0. The first-order valence-electron chi connectivity index (χ1n) is 9.11. The topological polar surface area (TPSA) is 24.4 Å². The van der Waals surface area contributed by atoms with Crippen molar-refractivity contribution in [3.05, 3.63) is 0 Å². The van der Waals surface area contributed by atoms with Crippen LogP contribution in [0, 0.1) is 17.8 Å². The van der Waals surface area contributed by atoms with Crippen LogP contribution in [0.4, 0.5) is 0 Å². The van der Waals surface area contributed by atoms with Gasteiger partial charge in [-0.25, -0.2) is 0 Å². The molecule has 0 bridgehead atoms. The summed E-state index contributed by atoms with van der Waals surface area (Å²) in [6.07, 6.45) is 12.6. The second kappa shape index (κ2) is 6.93. The third-order valence-corrected chi connectivity index (χ3v) is 6.99. The molecule has 1 aliphatic heterocycles. The monoisotopic (exact) mass is 308 g/mol. The van der Waals surface area contributed by atoms with Gasteiger partial charge in [0.15, 0.2) is 5.17 Å². The lowest BCUT2D eigenvalue weighted by Crippen LogP contribution is -2.47. The van der Waals surface area contributed by atoms with Crippen molar-refractivity contribution in [2.45, 2.75) is 77.2 Å². The van der Waals surface area contributed by atoms with Crippen molar-refractivity contribution < 1.29 is 0 Å². The van der Waals surface area contributed by atoms with Crippen LogP contribution in [0.25, 0.3) is 0 Å². The molecule has 4 atom stereocenters. The standard InChI is InChI=1S/C18H32N2S/c1-14-5-3-7-16(11-14)8-10-19-17-20-18(13-21-17)9-4-6-15(2)12-18/h14-16H,3-13H2,1-2H3,(H,19,20). The lowest BCUT2D eigenvalue weighted by atomic mass is 9.78. The van der Waals surface area contributed by atoms with E-state index in [2.05, 4.69) is 19.2 Å². The van der Waals surface area contributed by atoms with Crippen molar-refractivity contribution in [1.29, 1.82) is 0 Å². The minimum absolute atomic E-state index is 0.389. The van der Waals surface area contributed by atoms with Gasteiger partial charge in [-0.15, -0.1) is 0 Å². The van der Waals surface area contributed by atoms with Crippen molar-refractivity contribution in [2.75, 3.05) is 12.3 Å². The number of aliphatic imine (C=N–C) groups is 1. The molecule has 3 rings (SSSR count). The molecular weight excluding hydrogens is 276 g/mol. The number of nitrogens with one attached hydrogen (secondary N) is 1. The predicted octanol–water partition coefficient (Wildman–Crippen LogP) is 4.84. The Morgan fingerprint density at radius 3 is 2.86 bits per heavy atom. The Bertz CT molecular complexity index is 381. The van der Waals surface area contributed by atoms with E-state index in [1.165, 1.54) is 68.7 Å². The second-order valence-corrected chi connectivity index (χ2v) is 8.97. The SMILES string of the molecule is CC1CCCC(CCN=C2NC3(CCCC(C)C3)CS2)C1. The smallest absolute Gasteiger partial charge is 0.157 e. The Labute approximate surface area is 134 Å². The zero-order chi connectivity index (χ0) is 14.7. The summed E-state index contributed by atoms with van der Waals surface area (Å²) in [5.41, 5.74) is 0.389. The Morgan fingerprint density at radius 1 is 1.19 bits per heavy atom. The molecule has 0 aromatic carbocycles. The fourth-order valence-corrected chi connectivity index (χ4v) is 5.88. The van der Waals surface area contributed by atoms with Gasteiger partial charge in [0, 0.05) is 17.8 Å². The predicted molar refractivity (Wildman–Crippen MR) is 94.0 cm³/mol. The van der Waals surface area contributed by atoms with Crippen LogP contribution in [0.5, 0.6) is 0 Å². The van der Waals surface area contributed by atoms with Crippen LogP contribution < -0.4 is 5.32 Å². The molecule has 1 heterocycles. The molecule has 1 N–H and O–H groups in total. The number of rotatable bonds is 3. The fraction of sp³-hybridized carbons (Fsp3) is 0.944. The van der Waals surface area contributed by atoms with Gasteiger partial charge in [-0.2, -0.15) is 0 Å². The highest BCUT2D eigenvalue weighted by molar-refractivity contribution is 8.14. The summed E-state index contributed by atoms with van der Waals surface area (Å²) in [5, 5.41) is 5.04. The first-order valence-corrected chi connectivity index (χ1v) is 10.1. The van der Waals surface area contributed by atoms with Crippen LogP contribution in [0.2, 0.25) is 0 Å². The van der Waals surface area contributed by atoms with Crippen molar-refractivity contribution in [3.8, 4) is 0 Å². The van der Waals surface area contributed by atoms with E-state index in [9.17, 15) is 0 Å². The van der Waals surface area contributed by atoms with Gasteiger partial charge >= 0.3 is 0 Å². The van der Waals surface area contributed by atoms with Crippen LogP contribution in [-0.2, 0) is 0 Å². The molecule has 120 valence electrons. The Morgan fingerprint density at radius 2 is 2.05 bits per heavy atom. The average molecular weight is 309 g/mol. The van der Waals surface area contributed by atoms with Gasteiger partial charge in [0.2, 0.25) is 0 Å².